The summed E-state index contributed by atoms with van der Waals surface area (Å²) in [6.45, 7) is 2.31. The highest BCUT2D eigenvalue weighted by Gasteiger charge is 2.35. The van der Waals surface area contributed by atoms with E-state index in [0.717, 1.165) is 6.92 Å². The molecule has 0 aliphatic heterocycles. The number of benzene rings is 1. The second-order valence-electron chi connectivity index (χ2n) is 3.91. The first-order valence-corrected chi connectivity index (χ1v) is 5.65. The summed E-state index contributed by atoms with van der Waals surface area (Å²) in [6.07, 6.45) is 0. The van der Waals surface area contributed by atoms with Crippen molar-refractivity contribution in [2.45, 2.75) is 13.8 Å². The predicted molar refractivity (Wildman–Crippen MR) is 61.5 cm³/mol. The molecule has 0 saturated carbocycles. The van der Waals surface area contributed by atoms with E-state index in [9.17, 15) is 27.6 Å². The van der Waals surface area contributed by atoms with Crippen LogP contribution in [-0.4, -0.2) is 24.1 Å². The van der Waals surface area contributed by atoms with Crippen LogP contribution in [0, 0.1) is 23.4 Å². The summed E-state index contributed by atoms with van der Waals surface area (Å²) >= 11 is 0. The number of hydrogen-bond donors (Lipinski definition) is 0. The molecule has 0 aliphatic carbocycles. The summed E-state index contributed by atoms with van der Waals surface area (Å²) in [5.74, 6) is -9.49. The maximum Gasteiger partial charge on any atom is 0.324 e. The lowest BCUT2D eigenvalue weighted by Gasteiger charge is -2.12. The Hall–Kier alpha value is -2.18. The minimum Gasteiger partial charge on any atom is -0.465 e. The summed E-state index contributed by atoms with van der Waals surface area (Å²) < 4.78 is 43.8. The van der Waals surface area contributed by atoms with Crippen LogP contribution in [-0.2, 0) is 14.3 Å². The standard InChI is InChI=1S/C13H11F3O4/c1-3-20-13(19)11(6(2)17)12(18)7-4-9(15)10(16)5-8(7)14/h4-5,11H,3H2,1-2H3. The van der Waals surface area contributed by atoms with Crippen molar-refractivity contribution >= 4 is 17.5 Å². The Morgan fingerprint density at radius 2 is 1.65 bits per heavy atom. The lowest BCUT2D eigenvalue weighted by molar-refractivity contribution is -0.148. The number of Topliss-reactive ketones (excluding diaryl/α,β-unsaturated/α-hetero) is 2. The van der Waals surface area contributed by atoms with Crippen LogP contribution < -0.4 is 0 Å². The van der Waals surface area contributed by atoms with Gasteiger partial charge in [0.15, 0.2) is 29.1 Å². The summed E-state index contributed by atoms with van der Waals surface area (Å²) in [4.78, 5) is 34.8. The van der Waals surface area contributed by atoms with Crippen molar-refractivity contribution in [3.63, 3.8) is 0 Å². The highest BCUT2D eigenvalue weighted by atomic mass is 19.2. The number of ketones is 2. The molecule has 108 valence electrons. The molecule has 0 radical (unpaired) electrons. The van der Waals surface area contributed by atoms with Crippen molar-refractivity contribution in [2.75, 3.05) is 6.61 Å². The second kappa shape index (κ2) is 6.31. The van der Waals surface area contributed by atoms with E-state index in [2.05, 4.69) is 4.74 Å². The van der Waals surface area contributed by atoms with Gasteiger partial charge < -0.3 is 4.74 Å². The molecule has 0 spiro atoms. The molecule has 0 aromatic heterocycles. The molecule has 1 aromatic rings. The lowest BCUT2D eigenvalue weighted by Crippen LogP contribution is -2.32. The van der Waals surface area contributed by atoms with Crippen molar-refractivity contribution in [1.29, 1.82) is 0 Å². The molecule has 0 fully saturated rings. The third-order valence-corrected chi connectivity index (χ3v) is 2.47. The molecule has 1 atom stereocenters. The van der Waals surface area contributed by atoms with Crippen molar-refractivity contribution < 1.29 is 32.3 Å². The van der Waals surface area contributed by atoms with Gasteiger partial charge in [-0.3, -0.25) is 14.4 Å². The van der Waals surface area contributed by atoms with Crippen molar-refractivity contribution in [3.05, 3.63) is 35.1 Å². The van der Waals surface area contributed by atoms with Crippen LogP contribution >= 0.6 is 0 Å². The first-order valence-electron chi connectivity index (χ1n) is 5.65. The minimum atomic E-state index is -1.89. The SMILES string of the molecule is CCOC(=O)C(C(C)=O)C(=O)c1cc(F)c(F)cc1F. The maximum absolute atomic E-state index is 13.5. The second-order valence-corrected chi connectivity index (χ2v) is 3.91. The summed E-state index contributed by atoms with van der Waals surface area (Å²) in [5.41, 5.74) is -0.878. The van der Waals surface area contributed by atoms with Gasteiger partial charge >= 0.3 is 5.97 Å². The molecule has 20 heavy (non-hydrogen) atoms. The smallest absolute Gasteiger partial charge is 0.324 e. The van der Waals surface area contributed by atoms with E-state index in [1.807, 2.05) is 0 Å². The average Bonchev–Trinajstić information content (AvgIpc) is 2.33. The van der Waals surface area contributed by atoms with Gasteiger partial charge in [-0.05, 0) is 19.9 Å². The van der Waals surface area contributed by atoms with Gasteiger partial charge in [-0.25, -0.2) is 13.2 Å². The van der Waals surface area contributed by atoms with E-state index >= 15 is 0 Å². The van der Waals surface area contributed by atoms with Crippen molar-refractivity contribution in [1.82, 2.24) is 0 Å². The van der Waals surface area contributed by atoms with Crippen LogP contribution in [0.4, 0.5) is 13.2 Å². The van der Waals surface area contributed by atoms with Crippen LogP contribution in [0.2, 0.25) is 0 Å². The first kappa shape index (κ1) is 15.9. The van der Waals surface area contributed by atoms with Gasteiger partial charge in [0.1, 0.15) is 5.82 Å². The Balaban J connectivity index is 3.23. The Labute approximate surface area is 112 Å². The number of rotatable bonds is 5. The Bertz CT molecular complexity index is 569. The van der Waals surface area contributed by atoms with Crippen LogP contribution in [0.5, 0.6) is 0 Å². The van der Waals surface area contributed by atoms with Crippen LogP contribution in [0.3, 0.4) is 0 Å². The third-order valence-electron chi connectivity index (χ3n) is 2.47. The van der Waals surface area contributed by atoms with E-state index in [4.69, 9.17) is 0 Å². The van der Waals surface area contributed by atoms with Crippen molar-refractivity contribution in [2.24, 2.45) is 5.92 Å². The Morgan fingerprint density at radius 3 is 2.15 bits per heavy atom. The van der Waals surface area contributed by atoms with Gasteiger partial charge in [0.2, 0.25) is 0 Å². The lowest BCUT2D eigenvalue weighted by atomic mass is 9.94. The summed E-state index contributed by atoms with van der Waals surface area (Å²) in [5, 5.41) is 0. The summed E-state index contributed by atoms with van der Waals surface area (Å²) in [6, 6.07) is 0.479. The fraction of sp³-hybridized carbons (Fsp3) is 0.308. The van der Waals surface area contributed by atoms with Gasteiger partial charge in [0.05, 0.1) is 12.2 Å². The van der Waals surface area contributed by atoms with Gasteiger partial charge in [0.25, 0.3) is 0 Å². The normalized spacial score (nSPS) is 11.8. The third kappa shape index (κ3) is 3.23. The van der Waals surface area contributed by atoms with Gasteiger partial charge in [-0.15, -0.1) is 0 Å². The topological polar surface area (TPSA) is 60.4 Å². The molecule has 0 heterocycles. The largest absolute Gasteiger partial charge is 0.465 e. The van der Waals surface area contributed by atoms with Gasteiger partial charge in [0, 0.05) is 6.07 Å². The zero-order valence-electron chi connectivity index (χ0n) is 10.7. The molecule has 0 aliphatic rings. The molecule has 1 rings (SSSR count). The summed E-state index contributed by atoms with van der Waals surface area (Å²) in [7, 11) is 0. The molecule has 1 aromatic carbocycles. The van der Waals surface area contributed by atoms with Crippen molar-refractivity contribution in [3.8, 4) is 0 Å². The highest BCUT2D eigenvalue weighted by molar-refractivity contribution is 6.22. The molecule has 7 heteroatoms. The number of ether oxygens (including phenoxy) is 1. The fourth-order valence-electron chi connectivity index (χ4n) is 1.55. The number of hydrogen-bond acceptors (Lipinski definition) is 4. The molecule has 0 saturated heterocycles. The molecule has 0 amide bonds. The van der Waals surface area contributed by atoms with Crippen LogP contribution in [0.15, 0.2) is 12.1 Å². The maximum atomic E-state index is 13.5. The average molecular weight is 288 g/mol. The van der Waals surface area contributed by atoms with E-state index < -0.39 is 46.5 Å². The quantitative estimate of drug-likeness (QED) is 0.360. The van der Waals surface area contributed by atoms with Crippen LogP contribution in [0.25, 0.3) is 0 Å². The molecular formula is C13H11F3O4. The minimum absolute atomic E-state index is 0.0871. The molecular weight excluding hydrogens is 277 g/mol. The molecule has 4 nitrogen and oxygen atoms in total. The van der Waals surface area contributed by atoms with Gasteiger partial charge in [-0.1, -0.05) is 0 Å². The number of esters is 1. The predicted octanol–water partition coefficient (Wildman–Crippen LogP) is 2.05. The molecule has 0 bridgehead atoms. The zero-order valence-corrected chi connectivity index (χ0v) is 10.7. The fourth-order valence-corrected chi connectivity index (χ4v) is 1.55. The monoisotopic (exact) mass is 288 g/mol. The number of halogens is 3. The zero-order chi connectivity index (χ0) is 15.4. The number of carbonyl (C=O) groups excluding carboxylic acids is 3. The van der Waals surface area contributed by atoms with E-state index in [0.29, 0.717) is 6.07 Å². The van der Waals surface area contributed by atoms with E-state index in [1.54, 1.807) is 0 Å². The molecule has 0 N–H and O–H groups in total. The first-order chi connectivity index (χ1) is 9.29. The Kier molecular flexibility index (Phi) is 5.01. The Morgan fingerprint density at radius 1 is 1.10 bits per heavy atom. The van der Waals surface area contributed by atoms with E-state index in [1.165, 1.54) is 6.92 Å². The molecule has 1 unspecified atom stereocenters. The van der Waals surface area contributed by atoms with Crippen LogP contribution in [0.1, 0.15) is 24.2 Å². The highest BCUT2D eigenvalue weighted by Crippen LogP contribution is 2.19. The van der Waals surface area contributed by atoms with Gasteiger partial charge in [-0.2, -0.15) is 0 Å². The van der Waals surface area contributed by atoms with E-state index in [-0.39, 0.29) is 12.7 Å². The number of carbonyl (C=O) groups is 3.